The average Bonchev–Trinajstić information content (AvgIpc) is 2.18. The maximum absolute atomic E-state index is 5.49. The quantitative estimate of drug-likeness (QED) is 0.615. The van der Waals surface area contributed by atoms with Gasteiger partial charge >= 0.3 is 0 Å². The van der Waals surface area contributed by atoms with Crippen LogP contribution in [0.1, 0.15) is 39.5 Å². The van der Waals surface area contributed by atoms with Crippen LogP contribution in [0.3, 0.4) is 0 Å². The number of hydrogen-bond acceptors (Lipinski definition) is 3. The third-order valence-electron chi connectivity index (χ3n) is 3.28. The molecule has 2 atom stereocenters. The van der Waals surface area contributed by atoms with Crippen molar-refractivity contribution in [3.8, 4) is 0 Å². The Bertz CT molecular complexity index is 171. The molecule has 0 aromatic heterocycles. The van der Waals surface area contributed by atoms with Crippen LogP contribution in [-0.4, -0.2) is 39.0 Å². The second kappa shape index (κ2) is 8.04. The molecule has 3 heteroatoms. The molecule has 2 unspecified atom stereocenters. The molecule has 0 amide bonds. The minimum Gasteiger partial charge on any atom is -0.382 e. The third kappa shape index (κ3) is 5.83. The Morgan fingerprint density at radius 1 is 1.19 bits per heavy atom. The van der Waals surface area contributed by atoms with E-state index in [-0.39, 0.29) is 0 Å². The molecular weight excluding hydrogens is 202 g/mol. The standard InChI is InChI=1S/C13H27NO2/c1-11(9-13-5-4-6-13)14-12(2)10-16-8-7-15-3/h11-14H,4-10H2,1-3H3. The fourth-order valence-electron chi connectivity index (χ4n) is 2.23. The predicted molar refractivity (Wildman–Crippen MR) is 66.7 cm³/mol. The highest BCUT2D eigenvalue weighted by Crippen LogP contribution is 2.30. The van der Waals surface area contributed by atoms with Gasteiger partial charge in [0.2, 0.25) is 0 Å². The lowest BCUT2D eigenvalue weighted by Gasteiger charge is -2.30. The molecule has 0 saturated heterocycles. The van der Waals surface area contributed by atoms with Gasteiger partial charge in [0, 0.05) is 19.2 Å². The second-order valence-corrected chi connectivity index (χ2v) is 5.07. The first kappa shape index (κ1) is 13.9. The fraction of sp³-hybridized carbons (Fsp3) is 1.00. The maximum atomic E-state index is 5.49. The number of hydrogen-bond donors (Lipinski definition) is 1. The predicted octanol–water partition coefficient (Wildman–Crippen LogP) is 2.21. The van der Waals surface area contributed by atoms with Crippen LogP contribution in [0.15, 0.2) is 0 Å². The molecule has 16 heavy (non-hydrogen) atoms. The fourth-order valence-corrected chi connectivity index (χ4v) is 2.23. The second-order valence-electron chi connectivity index (χ2n) is 5.07. The SMILES string of the molecule is COCCOCC(C)NC(C)CC1CCC1. The van der Waals surface area contributed by atoms with Crippen molar-refractivity contribution < 1.29 is 9.47 Å². The van der Waals surface area contributed by atoms with Crippen molar-refractivity contribution in [3.05, 3.63) is 0 Å². The van der Waals surface area contributed by atoms with Gasteiger partial charge in [0.05, 0.1) is 19.8 Å². The van der Waals surface area contributed by atoms with E-state index in [9.17, 15) is 0 Å². The molecule has 96 valence electrons. The molecule has 1 aliphatic carbocycles. The van der Waals surface area contributed by atoms with Gasteiger partial charge in [0.25, 0.3) is 0 Å². The molecule has 1 rings (SSSR count). The van der Waals surface area contributed by atoms with Gasteiger partial charge in [-0.1, -0.05) is 19.3 Å². The summed E-state index contributed by atoms with van der Waals surface area (Å²) in [5.41, 5.74) is 0. The Balaban J connectivity index is 1.96. The van der Waals surface area contributed by atoms with Crippen LogP contribution in [-0.2, 0) is 9.47 Å². The molecule has 1 N–H and O–H groups in total. The zero-order chi connectivity index (χ0) is 11.8. The Hall–Kier alpha value is -0.120. The first-order valence-electron chi connectivity index (χ1n) is 6.55. The molecule has 0 aliphatic heterocycles. The minimum absolute atomic E-state index is 0.437. The number of rotatable bonds is 9. The topological polar surface area (TPSA) is 30.5 Å². The van der Waals surface area contributed by atoms with Crippen molar-refractivity contribution >= 4 is 0 Å². The van der Waals surface area contributed by atoms with E-state index in [1.165, 1.54) is 25.7 Å². The first-order chi connectivity index (χ1) is 7.72. The molecule has 0 aromatic rings. The van der Waals surface area contributed by atoms with Crippen LogP contribution in [0, 0.1) is 5.92 Å². The molecule has 0 radical (unpaired) electrons. The minimum atomic E-state index is 0.437. The lowest BCUT2D eigenvalue weighted by molar-refractivity contribution is 0.0588. The Morgan fingerprint density at radius 3 is 2.50 bits per heavy atom. The van der Waals surface area contributed by atoms with Crippen molar-refractivity contribution in [1.82, 2.24) is 5.32 Å². The van der Waals surface area contributed by atoms with Crippen molar-refractivity contribution in [2.75, 3.05) is 26.9 Å². The molecule has 0 aromatic carbocycles. The van der Waals surface area contributed by atoms with Gasteiger partial charge in [-0.15, -0.1) is 0 Å². The van der Waals surface area contributed by atoms with E-state index in [1.807, 2.05) is 0 Å². The van der Waals surface area contributed by atoms with Crippen molar-refractivity contribution in [2.45, 2.75) is 51.6 Å². The molecule has 1 saturated carbocycles. The van der Waals surface area contributed by atoms with Crippen LogP contribution >= 0.6 is 0 Å². The summed E-state index contributed by atoms with van der Waals surface area (Å²) in [6, 6.07) is 1.05. The summed E-state index contributed by atoms with van der Waals surface area (Å²) < 4.78 is 10.4. The summed E-state index contributed by atoms with van der Waals surface area (Å²) >= 11 is 0. The largest absolute Gasteiger partial charge is 0.382 e. The van der Waals surface area contributed by atoms with Crippen LogP contribution in [0.25, 0.3) is 0 Å². The van der Waals surface area contributed by atoms with E-state index in [0.29, 0.717) is 25.3 Å². The molecule has 1 aliphatic rings. The summed E-state index contributed by atoms with van der Waals surface area (Å²) in [4.78, 5) is 0. The van der Waals surface area contributed by atoms with E-state index in [4.69, 9.17) is 9.47 Å². The van der Waals surface area contributed by atoms with E-state index < -0.39 is 0 Å². The number of nitrogens with one attached hydrogen (secondary N) is 1. The van der Waals surface area contributed by atoms with Gasteiger partial charge in [0.1, 0.15) is 0 Å². The van der Waals surface area contributed by atoms with Gasteiger partial charge in [0.15, 0.2) is 0 Å². The molecule has 0 bridgehead atoms. The first-order valence-corrected chi connectivity index (χ1v) is 6.55. The van der Waals surface area contributed by atoms with Crippen LogP contribution in [0.5, 0.6) is 0 Å². The maximum Gasteiger partial charge on any atom is 0.0701 e. The molecule has 0 heterocycles. The van der Waals surface area contributed by atoms with Gasteiger partial charge < -0.3 is 14.8 Å². The van der Waals surface area contributed by atoms with E-state index in [0.717, 1.165) is 12.5 Å². The lowest BCUT2D eigenvalue weighted by atomic mass is 9.81. The normalized spacial score (nSPS) is 20.4. The Morgan fingerprint density at radius 2 is 1.94 bits per heavy atom. The van der Waals surface area contributed by atoms with Crippen LogP contribution in [0.2, 0.25) is 0 Å². The van der Waals surface area contributed by atoms with Crippen molar-refractivity contribution in [2.24, 2.45) is 5.92 Å². The molecule has 3 nitrogen and oxygen atoms in total. The monoisotopic (exact) mass is 229 g/mol. The highest BCUT2D eigenvalue weighted by atomic mass is 16.5. The van der Waals surface area contributed by atoms with Crippen molar-refractivity contribution in [1.29, 1.82) is 0 Å². The lowest BCUT2D eigenvalue weighted by Crippen LogP contribution is -2.39. The van der Waals surface area contributed by atoms with Crippen LogP contribution < -0.4 is 5.32 Å². The smallest absolute Gasteiger partial charge is 0.0701 e. The van der Waals surface area contributed by atoms with E-state index in [1.54, 1.807) is 7.11 Å². The summed E-state index contributed by atoms with van der Waals surface area (Å²) in [6.07, 6.45) is 5.63. The number of ether oxygens (including phenoxy) is 2. The van der Waals surface area contributed by atoms with Gasteiger partial charge in [-0.3, -0.25) is 0 Å². The van der Waals surface area contributed by atoms with Gasteiger partial charge in [-0.2, -0.15) is 0 Å². The number of methoxy groups -OCH3 is 1. The summed E-state index contributed by atoms with van der Waals surface area (Å²) in [5.74, 6) is 0.976. The summed E-state index contributed by atoms with van der Waals surface area (Å²) in [7, 11) is 1.70. The third-order valence-corrected chi connectivity index (χ3v) is 3.28. The molecule has 1 fully saturated rings. The average molecular weight is 229 g/mol. The Labute approximate surface area is 99.9 Å². The zero-order valence-corrected chi connectivity index (χ0v) is 11.0. The Kier molecular flexibility index (Phi) is 7.01. The van der Waals surface area contributed by atoms with Crippen LogP contribution in [0.4, 0.5) is 0 Å². The van der Waals surface area contributed by atoms with E-state index in [2.05, 4.69) is 19.2 Å². The van der Waals surface area contributed by atoms with Crippen molar-refractivity contribution in [3.63, 3.8) is 0 Å². The summed E-state index contributed by atoms with van der Waals surface area (Å²) in [5, 5.41) is 3.59. The molecular formula is C13H27NO2. The van der Waals surface area contributed by atoms with Gasteiger partial charge in [-0.05, 0) is 26.2 Å². The highest BCUT2D eigenvalue weighted by Gasteiger charge is 2.20. The summed E-state index contributed by atoms with van der Waals surface area (Å²) in [6.45, 7) is 6.62. The zero-order valence-electron chi connectivity index (χ0n) is 11.0. The van der Waals surface area contributed by atoms with Gasteiger partial charge in [-0.25, -0.2) is 0 Å². The highest BCUT2D eigenvalue weighted by molar-refractivity contribution is 4.76. The van der Waals surface area contributed by atoms with E-state index >= 15 is 0 Å². The molecule has 0 spiro atoms.